The number of amides is 2. The molecule has 25 heavy (non-hydrogen) atoms. The summed E-state index contributed by atoms with van der Waals surface area (Å²) < 4.78 is 30.2. The number of hydrogen-bond donors (Lipinski definition) is 2. The fraction of sp³-hybridized carbons (Fsp3) is 0.467. The van der Waals surface area contributed by atoms with Gasteiger partial charge in [-0.05, 0) is 0 Å². The monoisotopic (exact) mass is 358 g/mol. The van der Waals surface area contributed by atoms with Crippen molar-refractivity contribution in [3.63, 3.8) is 0 Å². The van der Waals surface area contributed by atoms with Crippen LogP contribution in [0.4, 0.5) is 15.3 Å². The number of anilines is 1. The van der Waals surface area contributed by atoms with E-state index >= 15 is 0 Å². The second-order valence-corrected chi connectivity index (χ2v) is 4.63. The number of primary amides is 1. The van der Waals surface area contributed by atoms with E-state index in [0.29, 0.717) is 22.9 Å². The molecule has 140 valence electrons. The minimum absolute atomic E-state index is 0.136. The van der Waals surface area contributed by atoms with Gasteiger partial charge in [0.25, 0.3) is 0 Å². The molecule has 0 aromatic heterocycles. The zero-order chi connectivity index (χ0) is 18.8. The highest BCUT2D eigenvalue weighted by atomic mass is 16.6. The Morgan fingerprint density at radius 2 is 1.56 bits per heavy atom. The van der Waals surface area contributed by atoms with Gasteiger partial charge in [-0.15, -0.1) is 0 Å². The first kappa shape index (κ1) is 20.2. The molecule has 2 amide bonds. The van der Waals surface area contributed by atoms with E-state index in [1.165, 1.54) is 28.4 Å². The van der Waals surface area contributed by atoms with Gasteiger partial charge in [0.1, 0.15) is 19.3 Å². The summed E-state index contributed by atoms with van der Waals surface area (Å²) >= 11 is 0. The minimum Gasteiger partial charge on any atom is -0.493 e. The predicted octanol–water partition coefficient (Wildman–Crippen LogP) is 1.37. The van der Waals surface area contributed by atoms with Crippen LogP contribution in [0.1, 0.15) is 0 Å². The normalized spacial score (nSPS) is 11.2. The Bertz CT molecular complexity index is 568. The number of methoxy groups -OCH3 is 4. The van der Waals surface area contributed by atoms with Crippen LogP contribution in [0, 0.1) is 0 Å². The van der Waals surface area contributed by atoms with Gasteiger partial charge >= 0.3 is 12.2 Å². The number of ether oxygens (including phenoxy) is 6. The Morgan fingerprint density at radius 1 is 1.00 bits per heavy atom. The molecule has 0 fully saturated rings. The van der Waals surface area contributed by atoms with Crippen LogP contribution in [-0.2, 0) is 14.2 Å². The van der Waals surface area contributed by atoms with Crippen molar-refractivity contribution >= 4 is 17.9 Å². The Balaban J connectivity index is 2.68. The Morgan fingerprint density at radius 3 is 2.00 bits per heavy atom. The molecule has 0 saturated heterocycles. The first-order valence-corrected chi connectivity index (χ1v) is 7.13. The standard InChI is InChI=1S/C15H22N2O8/c1-20-10(7-24-14(16)18)8-25-15(19)17-9-5-11(21-2)13(23-4)12(6-9)22-3/h5-6,10H,7-8H2,1-4H3,(H2,16,18)(H,17,19). The summed E-state index contributed by atoms with van der Waals surface area (Å²) in [5, 5.41) is 2.52. The topological polar surface area (TPSA) is 128 Å². The van der Waals surface area contributed by atoms with Gasteiger partial charge in [-0.2, -0.15) is 0 Å². The molecule has 0 aliphatic rings. The van der Waals surface area contributed by atoms with Gasteiger partial charge in [0, 0.05) is 19.2 Å². The summed E-state index contributed by atoms with van der Waals surface area (Å²) in [4.78, 5) is 22.5. The SMILES string of the molecule is COc1cc(NC(=O)OCC(COC(N)=O)OC)cc(OC)c1OC. The maximum atomic E-state index is 11.9. The summed E-state index contributed by atoms with van der Waals surface area (Å²) in [6.45, 7) is -0.274. The highest BCUT2D eigenvalue weighted by Crippen LogP contribution is 2.39. The predicted molar refractivity (Wildman–Crippen MR) is 87.4 cm³/mol. The molecule has 0 heterocycles. The van der Waals surface area contributed by atoms with Crippen molar-refractivity contribution in [2.75, 3.05) is 47.0 Å². The lowest BCUT2D eigenvalue weighted by atomic mass is 10.2. The molecule has 3 N–H and O–H groups in total. The van der Waals surface area contributed by atoms with E-state index in [1.807, 2.05) is 0 Å². The van der Waals surface area contributed by atoms with Crippen LogP contribution in [-0.4, -0.2) is 59.9 Å². The van der Waals surface area contributed by atoms with E-state index in [2.05, 4.69) is 10.1 Å². The van der Waals surface area contributed by atoms with Crippen LogP contribution in [0.2, 0.25) is 0 Å². The van der Waals surface area contributed by atoms with E-state index < -0.39 is 18.3 Å². The molecular weight excluding hydrogens is 336 g/mol. The number of nitrogens with two attached hydrogens (primary N) is 1. The van der Waals surface area contributed by atoms with E-state index in [-0.39, 0.29) is 13.2 Å². The number of carbonyl (C=O) groups is 2. The molecule has 0 spiro atoms. The lowest BCUT2D eigenvalue weighted by Crippen LogP contribution is -2.30. The number of nitrogens with one attached hydrogen (secondary N) is 1. The third-order valence-electron chi connectivity index (χ3n) is 3.06. The average Bonchev–Trinajstić information content (AvgIpc) is 2.60. The van der Waals surface area contributed by atoms with E-state index in [4.69, 9.17) is 29.4 Å². The van der Waals surface area contributed by atoms with Crippen LogP contribution in [0.3, 0.4) is 0 Å². The number of benzene rings is 1. The molecule has 0 saturated carbocycles. The summed E-state index contributed by atoms with van der Waals surface area (Å²) in [6, 6.07) is 3.10. The van der Waals surface area contributed by atoms with E-state index in [0.717, 1.165) is 0 Å². The zero-order valence-corrected chi connectivity index (χ0v) is 14.5. The minimum atomic E-state index is -0.941. The lowest BCUT2D eigenvalue weighted by molar-refractivity contribution is -0.000520. The summed E-state index contributed by atoms with van der Waals surface area (Å²) in [5.74, 6) is 1.15. The molecule has 0 bridgehead atoms. The molecule has 0 aliphatic heterocycles. The molecule has 1 aromatic rings. The van der Waals surface area contributed by atoms with Gasteiger partial charge in [0.05, 0.1) is 27.0 Å². The average molecular weight is 358 g/mol. The first-order valence-electron chi connectivity index (χ1n) is 7.13. The quantitative estimate of drug-likeness (QED) is 0.677. The van der Waals surface area contributed by atoms with E-state index in [9.17, 15) is 9.59 Å². The van der Waals surface area contributed by atoms with Gasteiger partial charge in [0.2, 0.25) is 5.75 Å². The molecular formula is C15H22N2O8. The lowest BCUT2D eigenvalue weighted by Gasteiger charge is -2.16. The Hall–Kier alpha value is -2.88. The van der Waals surface area contributed by atoms with Gasteiger partial charge in [0.15, 0.2) is 11.5 Å². The van der Waals surface area contributed by atoms with Crippen LogP contribution in [0.5, 0.6) is 17.2 Å². The highest BCUT2D eigenvalue weighted by molar-refractivity contribution is 5.86. The van der Waals surface area contributed by atoms with Crippen LogP contribution in [0.15, 0.2) is 12.1 Å². The van der Waals surface area contributed by atoms with Crippen molar-refractivity contribution < 1.29 is 38.0 Å². The van der Waals surface area contributed by atoms with Crippen molar-refractivity contribution in [1.82, 2.24) is 0 Å². The fourth-order valence-electron chi connectivity index (χ4n) is 1.84. The Labute approximate surface area is 145 Å². The number of hydrogen-bond acceptors (Lipinski definition) is 8. The van der Waals surface area contributed by atoms with Gasteiger partial charge in [-0.1, -0.05) is 0 Å². The molecule has 1 unspecified atom stereocenters. The van der Waals surface area contributed by atoms with Crippen molar-refractivity contribution in [2.45, 2.75) is 6.10 Å². The summed E-state index contributed by atoms with van der Waals surface area (Å²) in [5.41, 5.74) is 5.24. The molecule has 10 nitrogen and oxygen atoms in total. The van der Waals surface area contributed by atoms with Crippen LogP contribution < -0.4 is 25.3 Å². The number of rotatable bonds is 9. The number of carbonyl (C=O) groups excluding carboxylic acids is 2. The van der Waals surface area contributed by atoms with Crippen LogP contribution in [0.25, 0.3) is 0 Å². The third-order valence-corrected chi connectivity index (χ3v) is 3.06. The maximum absolute atomic E-state index is 11.9. The van der Waals surface area contributed by atoms with Crippen molar-refractivity contribution in [3.8, 4) is 17.2 Å². The molecule has 1 rings (SSSR count). The largest absolute Gasteiger partial charge is 0.493 e. The second-order valence-electron chi connectivity index (χ2n) is 4.63. The smallest absolute Gasteiger partial charge is 0.411 e. The fourth-order valence-corrected chi connectivity index (χ4v) is 1.84. The zero-order valence-electron chi connectivity index (χ0n) is 14.5. The highest BCUT2D eigenvalue weighted by Gasteiger charge is 2.16. The molecule has 1 atom stereocenters. The molecule has 10 heteroatoms. The summed E-state index contributed by atoms with van der Waals surface area (Å²) in [7, 11) is 5.78. The van der Waals surface area contributed by atoms with Crippen molar-refractivity contribution in [2.24, 2.45) is 5.73 Å². The van der Waals surface area contributed by atoms with E-state index in [1.54, 1.807) is 12.1 Å². The molecule has 1 aromatic carbocycles. The van der Waals surface area contributed by atoms with Gasteiger partial charge in [-0.3, -0.25) is 5.32 Å². The van der Waals surface area contributed by atoms with Crippen molar-refractivity contribution in [1.29, 1.82) is 0 Å². The van der Waals surface area contributed by atoms with Crippen LogP contribution >= 0.6 is 0 Å². The molecule has 0 radical (unpaired) electrons. The third kappa shape index (κ3) is 6.26. The Kier molecular flexibility index (Phi) is 8.13. The second kappa shape index (κ2) is 10.1. The first-order chi connectivity index (χ1) is 11.9. The van der Waals surface area contributed by atoms with Crippen molar-refractivity contribution in [3.05, 3.63) is 12.1 Å². The molecule has 0 aliphatic carbocycles. The van der Waals surface area contributed by atoms with Gasteiger partial charge in [-0.25, -0.2) is 9.59 Å². The summed E-state index contributed by atoms with van der Waals surface area (Å²) in [6.07, 6.45) is -2.32. The van der Waals surface area contributed by atoms with Gasteiger partial charge < -0.3 is 34.2 Å². The maximum Gasteiger partial charge on any atom is 0.411 e.